The van der Waals surface area contributed by atoms with Gasteiger partial charge in [0.2, 0.25) is 15.9 Å². The zero-order valence-electron chi connectivity index (χ0n) is 14.3. The lowest BCUT2D eigenvalue weighted by atomic mass is 10.1. The molecule has 2 aromatic carbocycles. The van der Waals surface area contributed by atoms with Gasteiger partial charge < -0.3 is 4.90 Å². The van der Waals surface area contributed by atoms with Crippen molar-refractivity contribution in [2.75, 3.05) is 4.90 Å². The molecule has 1 aliphatic heterocycles. The zero-order chi connectivity index (χ0) is 19.1. The molecule has 0 radical (unpaired) electrons. The van der Waals surface area contributed by atoms with Gasteiger partial charge in [-0.3, -0.25) is 4.79 Å². The van der Waals surface area contributed by atoms with Crippen LogP contribution < -0.4 is 9.62 Å². The third kappa shape index (κ3) is 3.81. The van der Waals surface area contributed by atoms with Crippen molar-refractivity contribution in [2.45, 2.75) is 37.8 Å². The molecule has 26 heavy (non-hydrogen) atoms. The second-order valence-electron chi connectivity index (χ2n) is 6.30. The van der Waals surface area contributed by atoms with Crippen molar-refractivity contribution in [3.8, 4) is 0 Å². The van der Waals surface area contributed by atoms with Crippen molar-refractivity contribution in [3.05, 3.63) is 57.0 Å². The van der Waals surface area contributed by atoms with Gasteiger partial charge in [0.05, 0.1) is 5.69 Å². The molecule has 1 unspecified atom stereocenters. The lowest BCUT2D eigenvalue weighted by Gasteiger charge is -2.23. The number of halogens is 2. The van der Waals surface area contributed by atoms with E-state index in [0.717, 1.165) is 11.1 Å². The van der Waals surface area contributed by atoms with E-state index < -0.39 is 10.0 Å². The molecule has 0 aromatic heterocycles. The first-order valence-corrected chi connectivity index (χ1v) is 10.7. The van der Waals surface area contributed by atoms with Crippen LogP contribution in [-0.2, 0) is 27.8 Å². The van der Waals surface area contributed by atoms with Crippen molar-refractivity contribution < 1.29 is 13.2 Å². The van der Waals surface area contributed by atoms with Crippen LogP contribution in [0.25, 0.3) is 0 Å². The van der Waals surface area contributed by atoms with E-state index in [2.05, 4.69) is 20.7 Å². The lowest BCUT2D eigenvalue weighted by molar-refractivity contribution is -0.116. The van der Waals surface area contributed by atoms with Gasteiger partial charge in [0, 0.05) is 29.0 Å². The van der Waals surface area contributed by atoms with Crippen LogP contribution in [0, 0.1) is 0 Å². The van der Waals surface area contributed by atoms with Gasteiger partial charge in [-0.25, -0.2) is 13.1 Å². The SMILES string of the molecule is CC(=O)N1c2c(cc(Br)cc2S(=O)(=O)NCc2ccc(Cl)cc2)CC1C. The molecule has 5 nitrogen and oxygen atoms in total. The molecule has 0 saturated carbocycles. The largest absolute Gasteiger partial charge is 0.308 e. The summed E-state index contributed by atoms with van der Waals surface area (Å²) in [7, 11) is -3.81. The Morgan fingerprint density at radius 3 is 2.58 bits per heavy atom. The smallest absolute Gasteiger partial charge is 0.242 e. The molecular weight excluding hydrogens is 440 g/mol. The highest BCUT2D eigenvalue weighted by Gasteiger charge is 2.35. The number of carbonyl (C=O) groups excluding carboxylic acids is 1. The number of hydrogen-bond acceptors (Lipinski definition) is 3. The van der Waals surface area contributed by atoms with Crippen LogP contribution >= 0.6 is 27.5 Å². The van der Waals surface area contributed by atoms with Crippen LogP contribution in [0.15, 0.2) is 45.8 Å². The highest BCUT2D eigenvalue weighted by atomic mass is 79.9. The third-order valence-electron chi connectivity index (χ3n) is 4.32. The molecule has 0 bridgehead atoms. The first kappa shape index (κ1) is 19.4. The number of amides is 1. The minimum Gasteiger partial charge on any atom is -0.308 e. The molecule has 1 amide bonds. The monoisotopic (exact) mass is 456 g/mol. The predicted molar refractivity (Wildman–Crippen MR) is 106 cm³/mol. The number of nitrogens with one attached hydrogen (secondary N) is 1. The Morgan fingerprint density at radius 2 is 1.96 bits per heavy atom. The number of nitrogens with zero attached hydrogens (tertiary/aromatic N) is 1. The normalized spacial score (nSPS) is 16.6. The molecule has 8 heteroatoms. The minimum absolute atomic E-state index is 0.0815. The van der Waals surface area contributed by atoms with Crippen LogP contribution in [0.2, 0.25) is 5.02 Å². The van der Waals surface area contributed by atoms with E-state index >= 15 is 0 Å². The van der Waals surface area contributed by atoms with Gasteiger partial charge in [0.1, 0.15) is 4.90 Å². The Hall–Kier alpha value is -1.41. The van der Waals surface area contributed by atoms with Gasteiger partial charge in [-0.15, -0.1) is 0 Å². The summed E-state index contributed by atoms with van der Waals surface area (Å²) in [6.45, 7) is 3.49. The van der Waals surface area contributed by atoms with Gasteiger partial charge in [0.15, 0.2) is 0 Å². The summed E-state index contributed by atoms with van der Waals surface area (Å²) in [5.74, 6) is -0.173. The van der Waals surface area contributed by atoms with E-state index in [0.29, 0.717) is 21.6 Å². The highest BCUT2D eigenvalue weighted by Crippen LogP contribution is 2.40. The summed E-state index contributed by atoms with van der Waals surface area (Å²) in [6.07, 6.45) is 0.619. The van der Waals surface area contributed by atoms with E-state index in [-0.39, 0.29) is 23.4 Å². The van der Waals surface area contributed by atoms with Crippen LogP contribution in [0.5, 0.6) is 0 Å². The maximum atomic E-state index is 13.0. The highest BCUT2D eigenvalue weighted by molar-refractivity contribution is 9.10. The van der Waals surface area contributed by atoms with Crippen molar-refractivity contribution in [3.63, 3.8) is 0 Å². The Kier molecular flexibility index (Phi) is 5.44. The van der Waals surface area contributed by atoms with Crippen LogP contribution in [0.1, 0.15) is 25.0 Å². The number of hydrogen-bond donors (Lipinski definition) is 1. The van der Waals surface area contributed by atoms with Crippen LogP contribution in [0.4, 0.5) is 5.69 Å². The van der Waals surface area contributed by atoms with Crippen LogP contribution in [0.3, 0.4) is 0 Å². The first-order valence-electron chi connectivity index (χ1n) is 8.05. The third-order valence-corrected chi connectivity index (χ3v) is 6.45. The van der Waals surface area contributed by atoms with Gasteiger partial charge in [-0.05, 0) is 48.7 Å². The van der Waals surface area contributed by atoms with Crippen LogP contribution in [-0.4, -0.2) is 20.4 Å². The molecular formula is C18H18BrClN2O3S. The molecule has 1 heterocycles. The lowest BCUT2D eigenvalue weighted by Crippen LogP contribution is -2.35. The molecule has 0 aliphatic carbocycles. The van der Waals surface area contributed by atoms with Gasteiger partial charge >= 0.3 is 0 Å². The Balaban J connectivity index is 1.98. The molecule has 138 valence electrons. The molecule has 2 aromatic rings. The van der Waals surface area contributed by atoms with Gasteiger partial charge in [-0.2, -0.15) is 0 Å². The van der Waals surface area contributed by atoms with Crippen molar-refractivity contribution in [1.82, 2.24) is 4.72 Å². The first-order chi connectivity index (χ1) is 12.2. The van der Waals surface area contributed by atoms with E-state index in [1.165, 1.54) is 13.0 Å². The number of benzene rings is 2. The van der Waals surface area contributed by atoms with E-state index in [9.17, 15) is 13.2 Å². The number of anilines is 1. The maximum absolute atomic E-state index is 13.0. The summed E-state index contributed by atoms with van der Waals surface area (Å²) in [4.78, 5) is 13.7. The average molecular weight is 458 g/mol. The molecule has 1 N–H and O–H groups in total. The number of sulfonamides is 1. The summed E-state index contributed by atoms with van der Waals surface area (Å²) in [5, 5.41) is 0.590. The van der Waals surface area contributed by atoms with Crippen molar-refractivity contribution >= 4 is 49.1 Å². The second-order valence-corrected chi connectivity index (χ2v) is 9.39. The molecule has 3 rings (SSSR count). The molecule has 1 atom stereocenters. The fourth-order valence-electron chi connectivity index (χ4n) is 3.22. The van der Waals surface area contributed by atoms with Gasteiger partial charge in [-0.1, -0.05) is 39.7 Å². The second kappa shape index (κ2) is 7.31. The maximum Gasteiger partial charge on any atom is 0.242 e. The standard InChI is InChI=1S/C18H18BrClN2O3S/c1-11-7-14-8-15(19)9-17(18(14)22(11)12(2)23)26(24,25)21-10-13-3-5-16(20)6-4-13/h3-6,8-9,11,21H,7,10H2,1-2H3. The Bertz CT molecular complexity index is 961. The molecule has 0 spiro atoms. The summed E-state index contributed by atoms with van der Waals surface area (Å²) in [6, 6.07) is 10.3. The predicted octanol–water partition coefficient (Wildman–Crippen LogP) is 3.88. The Labute approximate surface area is 166 Å². The van der Waals surface area contributed by atoms with E-state index in [1.807, 2.05) is 13.0 Å². The van der Waals surface area contributed by atoms with E-state index in [4.69, 9.17) is 11.6 Å². The van der Waals surface area contributed by atoms with Gasteiger partial charge in [0.25, 0.3) is 0 Å². The molecule has 0 saturated heterocycles. The molecule has 1 aliphatic rings. The fraction of sp³-hybridized carbons (Fsp3) is 0.278. The molecule has 0 fully saturated rings. The minimum atomic E-state index is -3.81. The van der Waals surface area contributed by atoms with Crippen molar-refractivity contribution in [2.24, 2.45) is 0 Å². The quantitative estimate of drug-likeness (QED) is 0.758. The number of fused-ring (bicyclic) bond motifs is 1. The average Bonchev–Trinajstić information content (AvgIpc) is 2.89. The summed E-state index contributed by atoms with van der Waals surface area (Å²) < 4.78 is 29.2. The topological polar surface area (TPSA) is 66.5 Å². The number of rotatable bonds is 4. The zero-order valence-corrected chi connectivity index (χ0v) is 17.5. The number of carbonyl (C=O) groups is 1. The summed E-state index contributed by atoms with van der Waals surface area (Å²) >= 11 is 9.24. The van der Waals surface area contributed by atoms with Crippen molar-refractivity contribution in [1.29, 1.82) is 0 Å². The fourth-order valence-corrected chi connectivity index (χ4v) is 5.28. The van der Waals surface area contributed by atoms with E-state index in [1.54, 1.807) is 29.2 Å². The summed E-state index contributed by atoms with van der Waals surface area (Å²) in [5.41, 5.74) is 2.10. The Morgan fingerprint density at radius 1 is 1.31 bits per heavy atom.